The minimum atomic E-state index is -0.523. The minimum Gasteiger partial charge on any atom is -0.323 e. The third-order valence-corrected chi connectivity index (χ3v) is 4.51. The van der Waals surface area contributed by atoms with Gasteiger partial charge in [0.25, 0.3) is 0 Å². The molecule has 0 aliphatic heterocycles. The van der Waals surface area contributed by atoms with Crippen LogP contribution in [0.25, 0.3) is 0 Å². The topological polar surface area (TPSA) is 111 Å². The molecule has 98 valence electrons. The van der Waals surface area contributed by atoms with E-state index in [2.05, 4.69) is 27.7 Å². The number of hydrogen-bond donors (Lipinski definition) is 3. The van der Waals surface area contributed by atoms with Crippen LogP contribution in [-0.4, -0.2) is 21.2 Å². The molecule has 1 aromatic rings. The molecule has 18 heavy (non-hydrogen) atoms. The molecule has 0 aromatic carbocycles. The number of H-pyrrole nitrogens is 1. The van der Waals surface area contributed by atoms with E-state index in [1.807, 2.05) is 0 Å². The zero-order valence-electron chi connectivity index (χ0n) is 10.4. The second-order valence-corrected chi connectivity index (χ2v) is 5.57. The van der Waals surface area contributed by atoms with Gasteiger partial charge in [-0.15, -0.1) is 0 Å². The molecule has 1 fully saturated rings. The minimum absolute atomic E-state index is 0.215. The van der Waals surface area contributed by atoms with Crippen molar-refractivity contribution < 1.29 is 4.52 Å². The molecule has 2 aliphatic rings. The number of nitrogens with one attached hydrogen (secondary N) is 1. The lowest BCUT2D eigenvalue weighted by atomic mass is 9.54. The molecule has 1 saturated carbocycles. The number of hydrogen-bond acceptors (Lipinski definition) is 5. The molecule has 1 aromatic heterocycles. The Labute approximate surface area is 104 Å². The molecule has 6 nitrogen and oxygen atoms in total. The fourth-order valence-corrected chi connectivity index (χ4v) is 3.39. The Balaban J connectivity index is 1.81. The Bertz CT molecular complexity index is 560. The van der Waals surface area contributed by atoms with Gasteiger partial charge in [-0.1, -0.05) is 23.7 Å². The maximum atomic E-state index is 10.9. The van der Waals surface area contributed by atoms with Crippen molar-refractivity contribution in [3.05, 3.63) is 28.0 Å². The van der Waals surface area contributed by atoms with E-state index in [4.69, 9.17) is 11.5 Å². The second kappa shape index (κ2) is 3.55. The van der Waals surface area contributed by atoms with Gasteiger partial charge in [-0.3, -0.25) is 9.51 Å². The Morgan fingerprint density at radius 1 is 1.61 bits per heavy atom. The van der Waals surface area contributed by atoms with Gasteiger partial charge in [-0.25, -0.2) is 4.79 Å². The van der Waals surface area contributed by atoms with E-state index in [1.54, 1.807) is 0 Å². The fraction of sp³-hybridized carbons (Fsp3) is 0.667. The highest BCUT2D eigenvalue weighted by Gasteiger charge is 2.62. The van der Waals surface area contributed by atoms with Crippen molar-refractivity contribution in [2.45, 2.75) is 43.7 Å². The molecule has 0 bridgehead atoms. The summed E-state index contributed by atoms with van der Waals surface area (Å²) in [6, 6.07) is 0. The summed E-state index contributed by atoms with van der Waals surface area (Å²) >= 11 is 0. The summed E-state index contributed by atoms with van der Waals surface area (Å²) in [5, 5.41) is 3.68. The molecule has 1 unspecified atom stereocenters. The van der Waals surface area contributed by atoms with Gasteiger partial charge in [0.2, 0.25) is 0 Å². The molecule has 5 N–H and O–H groups in total. The highest BCUT2D eigenvalue weighted by molar-refractivity contribution is 5.40. The van der Waals surface area contributed by atoms with Crippen LogP contribution < -0.4 is 17.2 Å². The first-order valence-corrected chi connectivity index (χ1v) is 6.30. The predicted molar refractivity (Wildman–Crippen MR) is 65.8 cm³/mol. The monoisotopic (exact) mass is 250 g/mol. The van der Waals surface area contributed by atoms with Gasteiger partial charge in [0.1, 0.15) is 0 Å². The largest absolute Gasteiger partial charge is 0.438 e. The van der Waals surface area contributed by atoms with E-state index in [0.717, 1.165) is 19.3 Å². The predicted octanol–water partition coefficient (Wildman–Crippen LogP) is 0.0604. The van der Waals surface area contributed by atoms with Gasteiger partial charge in [0.15, 0.2) is 5.82 Å². The van der Waals surface area contributed by atoms with Crippen molar-refractivity contribution in [1.29, 1.82) is 0 Å². The summed E-state index contributed by atoms with van der Waals surface area (Å²) in [5.41, 5.74) is 13.4. The molecule has 3 atom stereocenters. The van der Waals surface area contributed by atoms with Crippen LogP contribution in [0.2, 0.25) is 0 Å². The van der Waals surface area contributed by atoms with Crippen LogP contribution in [0.3, 0.4) is 0 Å². The molecule has 0 saturated heterocycles. The maximum Gasteiger partial charge on any atom is 0.438 e. The van der Waals surface area contributed by atoms with Crippen molar-refractivity contribution >= 4 is 0 Å². The third-order valence-electron chi connectivity index (χ3n) is 4.51. The van der Waals surface area contributed by atoms with Crippen LogP contribution in [0.15, 0.2) is 21.0 Å². The van der Waals surface area contributed by atoms with Crippen molar-refractivity contribution in [2.24, 2.45) is 17.4 Å². The highest BCUT2D eigenvalue weighted by Crippen LogP contribution is 2.54. The SMILES string of the molecule is CCC1=C[C@@]2(N)C(Cc3noc(=O)[nH]3)C[C@@]2(N)C1. The van der Waals surface area contributed by atoms with Crippen molar-refractivity contribution in [1.82, 2.24) is 10.1 Å². The maximum absolute atomic E-state index is 10.9. The van der Waals surface area contributed by atoms with Crippen LogP contribution in [-0.2, 0) is 6.42 Å². The highest BCUT2D eigenvalue weighted by atomic mass is 16.5. The molecular weight excluding hydrogens is 232 g/mol. The number of nitrogens with two attached hydrogens (primary N) is 2. The molecule has 3 rings (SSSR count). The van der Waals surface area contributed by atoms with Gasteiger partial charge in [0.05, 0.1) is 5.54 Å². The number of aromatic nitrogens is 2. The number of nitrogens with zero attached hydrogens (tertiary/aromatic N) is 1. The van der Waals surface area contributed by atoms with E-state index in [-0.39, 0.29) is 11.5 Å². The third kappa shape index (κ3) is 1.42. The Hall–Kier alpha value is -1.40. The lowest BCUT2D eigenvalue weighted by Gasteiger charge is -2.57. The van der Waals surface area contributed by atoms with Gasteiger partial charge in [0, 0.05) is 12.0 Å². The zero-order valence-corrected chi connectivity index (χ0v) is 10.4. The summed E-state index contributed by atoms with van der Waals surface area (Å²) in [6.07, 6.45) is 5.46. The van der Waals surface area contributed by atoms with Gasteiger partial charge < -0.3 is 11.5 Å². The summed E-state index contributed by atoms with van der Waals surface area (Å²) in [6.45, 7) is 2.12. The summed E-state index contributed by atoms with van der Waals surface area (Å²) in [7, 11) is 0. The van der Waals surface area contributed by atoms with Crippen LogP contribution in [0.4, 0.5) is 0 Å². The standard InChI is InChI=1S/C12H18N4O2/c1-2-7-4-11(13)6-8(12(11,14)5-7)3-9-15-10(17)18-16-9/h5,8H,2-4,6,13-14H2,1H3,(H,15,16,17)/t8?,11-,12+/m0/s1. The summed E-state index contributed by atoms with van der Waals surface area (Å²) in [4.78, 5) is 13.5. The first kappa shape index (κ1) is 11.7. The lowest BCUT2D eigenvalue weighted by molar-refractivity contribution is 0.0534. The Kier molecular flexibility index (Phi) is 2.30. The molecule has 0 radical (unpaired) electrons. The van der Waals surface area contributed by atoms with Gasteiger partial charge in [-0.05, 0) is 25.2 Å². The van der Waals surface area contributed by atoms with E-state index in [9.17, 15) is 4.79 Å². The molecule has 0 amide bonds. The second-order valence-electron chi connectivity index (χ2n) is 5.57. The Morgan fingerprint density at radius 3 is 3.00 bits per heavy atom. The zero-order chi connectivity index (χ0) is 13.0. The van der Waals surface area contributed by atoms with Crippen molar-refractivity contribution in [3.8, 4) is 0 Å². The van der Waals surface area contributed by atoms with Crippen molar-refractivity contribution in [2.75, 3.05) is 0 Å². The van der Waals surface area contributed by atoms with Crippen LogP contribution >= 0.6 is 0 Å². The van der Waals surface area contributed by atoms with E-state index in [1.165, 1.54) is 5.57 Å². The van der Waals surface area contributed by atoms with E-state index >= 15 is 0 Å². The smallest absolute Gasteiger partial charge is 0.323 e. The quantitative estimate of drug-likeness (QED) is 0.657. The average Bonchev–Trinajstić information content (AvgIpc) is 2.80. The molecule has 1 heterocycles. The van der Waals surface area contributed by atoms with Crippen LogP contribution in [0.5, 0.6) is 0 Å². The Morgan fingerprint density at radius 2 is 2.39 bits per heavy atom. The normalized spacial score (nSPS) is 38.2. The summed E-state index contributed by atoms with van der Waals surface area (Å²) < 4.78 is 4.50. The average molecular weight is 250 g/mol. The number of rotatable bonds is 3. The summed E-state index contributed by atoms with van der Waals surface area (Å²) in [5.74, 6) is 0.244. The van der Waals surface area contributed by atoms with Crippen LogP contribution in [0, 0.1) is 5.92 Å². The molecule has 0 spiro atoms. The van der Waals surface area contributed by atoms with Crippen LogP contribution in [0.1, 0.15) is 32.0 Å². The van der Waals surface area contributed by atoms with E-state index < -0.39 is 11.3 Å². The van der Waals surface area contributed by atoms with Gasteiger partial charge >= 0.3 is 5.76 Å². The first-order valence-electron chi connectivity index (χ1n) is 6.30. The van der Waals surface area contributed by atoms with E-state index in [0.29, 0.717) is 12.2 Å². The lowest BCUT2D eigenvalue weighted by Crippen LogP contribution is -2.76. The number of aromatic amines is 1. The molecule has 6 heteroatoms. The fourth-order valence-electron chi connectivity index (χ4n) is 3.39. The molecule has 2 aliphatic carbocycles. The van der Waals surface area contributed by atoms with Gasteiger partial charge in [-0.2, -0.15) is 0 Å². The number of fused-ring (bicyclic) bond motifs is 1. The molecular formula is C12H18N4O2. The van der Waals surface area contributed by atoms with Crippen molar-refractivity contribution in [3.63, 3.8) is 0 Å². The first-order chi connectivity index (χ1) is 8.47.